The second-order valence-electron chi connectivity index (χ2n) is 5.73. The van der Waals surface area contributed by atoms with Crippen molar-refractivity contribution in [1.82, 2.24) is 5.32 Å². The van der Waals surface area contributed by atoms with Gasteiger partial charge in [0, 0.05) is 23.5 Å². The molecule has 3 amide bonds. The van der Waals surface area contributed by atoms with Crippen molar-refractivity contribution in [2.45, 2.75) is 19.8 Å². The minimum atomic E-state index is -0.352. The highest BCUT2D eigenvalue weighted by molar-refractivity contribution is 6.02. The molecule has 2 aromatic rings. The molecule has 0 aliphatic carbocycles. The van der Waals surface area contributed by atoms with Crippen LogP contribution in [0.15, 0.2) is 48.5 Å². The van der Waals surface area contributed by atoms with Crippen LogP contribution in [0, 0.1) is 6.92 Å². The van der Waals surface area contributed by atoms with E-state index < -0.39 is 0 Å². The number of rotatable bonds is 7. The van der Waals surface area contributed by atoms with Crippen molar-refractivity contribution in [1.29, 1.82) is 0 Å². The Hall–Kier alpha value is -2.86. The van der Waals surface area contributed by atoms with Crippen molar-refractivity contribution in [3.63, 3.8) is 0 Å². The molecule has 0 saturated carbocycles. The predicted molar refractivity (Wildman–Crippen MR) is 101 cm³/mol. The molecule has 0 spiro atoms. The molecule has 0 fully saturated rings. The Kier molecular flexibility index (Phi) is 6.98. The van der Waals surface area contributed by atoms with E-state index in [4.69, 9.17) is 5.73 Å². The molecular weight excluding hydrogens is 316 g/mol. The Morgan fingerprint density at radius 2 is 1.76 bits per heavy atom. The molecule has 132 valence electrons. The first kappa shape index (κ1) is 18.5. The topological polar surface area (TPSA) is 96.2 Å². The second-order valence-corrected chi connectivity index (χ2v) is 5.73. The van der Waals surface area contributed by atoms with Gasteiger partial charge >= 0.3 is 6.03 Å². The third kappa shape index (κ3) is 5.93. The molecule has 6 heteroatoms. The van der Waals surface area contributed by atoms with Gasteiger partial charge in [-0.25, -0.2) is 4.79 Å². The maximum atomic E-state index is 12.2. The number of hydrogen-bond donors (Lipinski definition) is 4. The van der Waals surface area contributed by atoms with Crippen molar-refractivity contribution in [3.05, 3.63) is 59.7 Å². The minimum Gasteiger partial charge on any atom is -0.352 e. The summed E-state index contributed by atoms with van der Waals surface area (Å²) in [4.78, 5) is 24.3. The Morgan fingerprint density at radius 3 is 2.48 bits per heavy atom. The summed E-state index contributed by atoms with van der Waals surface area (Å²) < 4.78 is 0. The van der Waals surface area contributed by atoms with Gasteiger partial charge in [-0.1, -0.05) is 24.3 Å². The molecule has 0 bridgehead atoms. The van der Waals surface area contributed by atoms with E-state index in [2.05, 4.69) is 16.0 Å². The van der Waals surface area contributed by atoms with Crippen LogP contribution in [0.4, 0.5) is 16.2 Å². The van der Waals surface area contributed by atoms with Gasteiger partial charge in [0.25, 0.3) is 5.91 Å². The van der Waals surface area contributed by atoms with Gasteiger partial charge in [0.05, 0.1) is 0 Å². The number of para-hydroxylation sites is 1. The minimum absolute atomic E-state index is 0.163. The fourth-order valence-corrected chi connectivity index (χ4v) is 2.28. The Labute approximate surface area is 147 Å². The van der Waals surface area contributed by atoms with Gasteiger partial charge in [-0.15, -0.1) is 0 Å². The van der Waals surface area contributed by atoms with Crippen LogP contribution in [0.25, 0.3) is 0 Å². The SMILES string of the molecule is Cc1ccc(C(=O)NCCCCN)cc1NC(=O)Nc1ccccc1. The van der Waals surface area contributed by atoms with E-state index in [1.165, 1.54) is 0 Å². The molecule has 25 heavy (non-hydrogen) atoms. The molecule has 2 rings (SSSR count). The standard InChI is InChI=1S/C19H24N4O2/c1-14-9-10-15(18(24)21-12-6-5-11-20)13-17(14)23-19(25)22-16-7-3-2-4-8-16/h2-4,7-10,13H,5-6,11-12,20H2,1H3,(H,21,24)(H2,22,23,25). The van der Waals surface area contributed by atoms with E-state index in [1.807, 2.05) is 31.2 Å². The summed E-state index contributed by atoms with van der Waals surface area (Å²) in [5.41, 5.74) is 8.12. The number of nitrogens with one attached hydrogen (secondary N) is 3. The molecule has 0 unspecified atom stereocenters. The van der Waals surface area contributed by atoms with Gasteiger partial charge in [-0.2, -0.15) is 0 Å². The molecule has 2 aromatic carbocycles. The molecule has 5 N–H and O–H groups in total. The summed E-state index contributed by atoms with van der Waals surface area (Å²) in [6.07, 6.45) is 1.72. The first-order chi connectivity index (χ1) is 12.1. The number of aryl methyl sites for hydroxylation is 1. The number of nitrogens with two attached hydrogens (primary N) is 1. The van der Waals surface area contributed by atoms with Crippen LogP contribution in [0.5, 0.6) is 0 Å². The molecule has 0 radical (unpaired) electrons. The van der Waals surface area contributed by atoms with E-state index >= 15 is 0 Å². The predicted octanol–water partition coefficient (Wildman–Crippen LogP) is 3.11. The Morgan fingerprint density at radius 1 is 1.00 bits per heavy atom. The molecule has 0 aromatic heterocycles. The maximum Gasteiger partial charge on any atom is 0.323 e. The van der Waals surface area contributed by atoms with Gasteiger partial charge in [-0.05, 0) is 56.1 Å². The number of amides is 3. The number of hydrogen-bond acceptors (Lipinski definition) is 3. The molecule has 0 aliphatic rings. The number of anilines is 2. The summed E-state index contributed by atoms with van der Waals surface area (Å²) in [5, 5.41) is 8.39. The summed E-state index contributed by atoms with van der Waals surface area (Å²) >= 11 is 0. The average Bonchev–Trinajstić information content (AvgIpc) is 2.61. The molecule has 0 aliphatic heterocycles. The van der Waals surface area contributed by atoms with Crippen LogP contribution in [0.2, 0.25) is 0 Å². The lowest BCUT2D eigenvalue weighted by Crippen LogP contribution is -2.25. The zero-order chi connectivity index (χ0) is 18.1. The average molecular weight is 340 g/mol. The number of urea groups is 1. The monoisotopic (exact) mass is 340 g/mol. The summed E-state index contributed by atoms with van der Waals surface area (Å²) in [6, 6.07) is 14.1. The fourth-order valence-electron chi connectivity index (χ4n) is 2.28. The van der Waals surface area contributed by atoms with Crippen LogP contribution < -0.4 is 21.7 Å². The molecule has 0 heterocycles. The fraction of sp³-hybridized carbons (Fsp3) is 0.263. The third-order valence-electron chi connectivity index (χ3n) is 3.70. The largest absolute Gasteiger partial charge is 0.352 e. The van der Waals surface area contributed by atoms with E-state index in [-0.39, 0.29) is 11.9 Å². The maximum absolute atomic E-state index is 12.2. The van der Waals surface area contributed by atoms with Crippen molar-refractivity contribution < 1.29 is 9.59 Å². The second kappa shape index (κ2) is 9.44. The first-order valence-electron chi connectivity index (χ1n) is 8.32. The zero-order valence-electron chi connectivity index (χ0n) is 14.3. The zero-order valence-corrected chi connectivity index (χ0v) is 14.3. The van der Waals surface area contributed by atoms with Crippen molar-refractivity contribution >= 4 is 23.3 Å². The van der Waals surface area contributed by atoms with Gasteiger partial charge < -0.3 is 21.7 Å². The normalized spacial score (nSPS) is 10.2. The lowest BCUT2D eigenvalue weighted by Gasteiger charge is -2.12. The number of benzene rings is 2. The quantitative estimate of drug-likeness (QED) is 0.583. The highest BCUT2D eigenvalue weighted by atomic mass is 16.2. The molecule has 0 saturated heterocycles. The number of carbonyl (C=O) groups is 2. The van der Waals surface area contributed by atoms with Crippen molar-refractivity contribution in [2.24, 2.45) is 5.73 Å². The smallest absolute Gasteiger partial charge is 0.323 e. The van der Waals surface area contributed by atoms with E-state index in [1.54, 1.807) is 24.3 Å². The van der Waals surface area contributed by atoms with Crippen LogP contribution >= 0.6 is 0 Å². The van der Waals surface area contributed by atoms with E-state index in [0.717, 1.165) is 18.4 Å². The highest BCUT2D eigenvalue weighted by Crippen LogP contribution is 2.17. The van der Waals surface area contributed by atoms with E-state index in [0.29, 0.717) is 30.0 Å². The Bertz CT molecular complexity index is 717. The van der Waals surface area contributed by atoms with Crippen LogP contribution in [0.1, 0.15) is 28.8 Å². The number of unbranched alkanes of at least 4 members (excludes halogenated alkanes) is 1. The van der Waals surface area contributed by atoms with E-state index in [9.17, 15) is 9.59 Å². The summed E-state index contributed by atoms with van der Waals surface area (Å²) in [5.74, 6) is -0.163. The van der Waals surface area contributed by atoms with Crippen LogP contribution in [0.3, 0.4) is 0 Å². The van der Waals surface area contributed by atoms with Gasteiger partial charge in [0.15, 0.2) is 0 Å². The molecule has 6 nitrogen and oxygen atoms in total. The van der Waals surface area contributed by atoms with Crippen LogP contribution in [-0.2, 0) is 0 Å². The van der Waals surface area contributed by atoms with Gasteiger partial charge in [0.2, 0.25) is 0 Å². The summed E-state index contributed by atoms with van der Waals surface area (Å²) in [6.45, 7) is 3.08. The highest BCUT2D eigenvalue weighted by Gasteiger charge is 2.10. The molecule has 0 atom stereocenters. The van der Waals surface area contributed by atoms with Gasteiger partial charge in [-0.3, -0.25) is 4.79 Å². The van der Waals surface area contributed by atoms with Crippen molar-refractivity contribution in [2.75, 3.05) is 23.7 Å². The third-order valence-corrected chi connectivity index (χ3v) is 3.70. The summed E-state index contributed by atoms with van der Waals surface area (Å²) in [7, 11) is 0. The Balaban J connectivity index is 1.98. The lowest BCUT2D eigenvalue weighted by atomic mass is 10.1. The van der Waals surface area contributed by atoms with Gasteiger partial charge in [0.1, 0.15) is 0 Å². The number of carbonyl (C=O) groups excluding carboxylic acids is 2. The van der Waals surface area contributed by atoms with Crippen LogP contribution in [-0.4, -0.2) is 25.0 Å². The molecular formula is C19H24N4O2. The van der Waals surface area contributed by atoms with Crippen molar-refractivity contribution in [3.8, 4) is 0 Å². The first-order valence-corrected chi connectivity index (χ1v) is 8.32. The lowest BCUT2D eigenvalue weighted by molar-refractivity contribution is 0.0953.